The van der Waals surface area contributed by atoms with E-state index < -0.39 is 0 Å². The van der Waals surface area contributed by atoms with Crippen LogP contribution in [-0.2, 0) is 0 Å². The van der Waals surface area contributed by atoms with Gasteiger partial charge in [-0.25, -0.2) is 0 Å². The van der Waals surface area contributed by atoms with Crippen molar-refractivity contribution >= 4 is 50.4 Å². The minimum atomic E-state index is 0.185. The first-order chi connectivity index (χ1) is 11.2. The second-order valence-electron chi connectivity index (χ2n) is 5.04. The summed E-state index contributed by atoms with van der Waals surface area (Å²) in [4.78, 5) is 0. The summed E-state index contributed by atoms with van der Waals surface area (Å²) in [5.41, 5.74) is 1.38. The molecular weight excluding hydrogens is 322 g/mol. The molecular formula is C19H16NOS2+. The maximum Gasteiger partial charge on any atom is 0.278 e. The molecule has 0 aliphatic heterocycles. The largest absolute Gasteiger partial charge is 0.502 e. The molecule has 1 heterocycles. The van der Waals surface area contributed by atoms with Crippen LogP contribution < -0.4 is 4.57 Å². The molecule has 0 amide bonds. The number of pyridine rings is 1. The number of aliphatic hydroxyl groups is 1. The maximum atomic E-state index is 10.8. The average Bonchev–Trinajstić information content (AvgIpc) is 2.62. The Morgan fingerprint density at radius 3 is 2.30 bits per heavy atom. The number of hydrogen-bond donors (Lipinski definition) is 1. The molecule has 114 valence electrons. The SMILES string of the molecule is CSC(=S)/C(=C(\O)c1ccccc1)[n+]1ccc2ccccc2c1. The van der Waals surface area contributed by atoms with Gasteiger partial charge in [-0.3, -0.25) is 0 Å². The number of benzene rings is 2. The first-order valence-electron chi connectivity index (χ1n) is 7.18. The molecule has 1 aromatic heterocycles. The van der Waals surface area contributed by atoms with Crippen molar-refractivity contribution < 1.29 is 9.67 Å². The highest BCUT2D eigenvalue weighted by molar-refractivity contribution is 8.23. The monoisotopic (exact) mass is 338 g/mol. The van der Waals surface area contributed by atoms with Gasteiger partial charge in [-0.15, -0.1) is 11.8 Å². The standard InChI is InChI=1S/C19H15NOS2/c1-23-19(22)17(18(21)15-8-3-2-4-9-15)20-12-11-14-7-5-6-10-16(14)13-20/h2-13H,1H3/p+1. The van der Waals surface area contributed by atoms with Gasteiger partial charge >= 0.3 is 0 Å². The second kappa shape index (κ2) is 6.94. The molecule has 23 heavy (non-hydrogen) atoms. The van der Waals surface area contributed by atoms with E-state index >= 15 is 0 Å². The van der Waals surface area contributed by atoms with Crippen LogP contribution in [0.5, 0.6) is 0 Å². The topological polar surface area (TPSA) is 24.1 Å². The lowest BCUT2D eigenvalue weighted by Crippen LogP contribution is -2.35. The van der Waals surface area contributed by atoms with E-state index in [0.717, 1.165) is 16.3 Å². The molecule has 3 rings (SSSR count). The minimum absolute atomic E-state index is 0.185. The highest BCUT2D eigenvalue weighted by Crippen LogP contribution is 2.22. The first-order valence-corrected chi connectivity index (χ1v) is 8.81. The molecule has 0 unspecified atom stereocenters. The summed E-state index contributed by atoms with van der Waals surface area (Å²) in [6.07, 6.45) is 5.84. The van der Waals surface area contributed by atoms with Crippen molar-refractivity contribution in [1.82, 2.24) is 0 Å². The van der Waals surface area contributed by atoms with Crippen LogP contribution in [-0.4, -0.2) is 15.6 Å². The van der Waals surface area contributed by atoms with Crippen LogP contribution in [0.4, 0.5) is 0 Å². The van der Waals surface area contributed by atoms with Gasteiger partial charge in [-0.05, 0) is 17.7 Å². The van der Waals surface area contributed by atoms with Crippen molar-refractivity contribution in [1.29, 1.82) is 0 Å². The predicted molar refractivity (Wildman–Crippen MR) is 102 cm³/mol. The van der Waals surface area contributed by atoms with E-state index in [9.17, 15) is 5.11 Å². The molecule has 0 fully saturated rings. The molecule has 0 saturated heterocycles. The van der Waals surface area contributed by atoms with Crippen LogP contribution in [0, 0.1) is 0 Å². The highest BCUT2D eigenvalue weighted by atomic mass is 32.2. The number of rotatable bonds is 3. The lowest BCUT2D eigenvalue weighted by Gasteiger charge is -2.07. The Morgan fingerprint density at radius 2 is 1.61 bits per heavy atom. The number of aromatic nitrogens is 1. The normalized spacial score (nSPS) is 12.0. The Balaban J connectivity index is 2.21. The number of fused-ring (bicyclic) bond motifs is 1. The summed E-state index contributed by atoms with van der Waals surface area (Å²) in [5, 5.41) is 13.0. The van der Waals surface area contributed by atoms with Gasteiger partial charge in [0.05, 0.1) is 0 Å². The zero-order chi connectivity index (χ0) is 16.2. The van der Waals surface area contributed by atoms with Gasteiger partial charge in [0.2, 0.25) is 0 Å². The third-order valence-electron chi connectivity index (χ3n) is 3.60. The van der Waals surface area contributed by atoms with Crippen molar-refractivity contribution in [2.24, 2.45) is 0 Å². The van der Waals surface area contributed by atoms with Crippen LogP contribution in [0.1, 0.15) is 5.56 Å². The van der Waals surface area contributed by atoms with E-state index in [0.29, 0.717) is 9.89 Å². The summed E-state index contributed by atoms with van der Waals surface area (Å²) < 4.78 is 2.54. The van der Waals surface area contributed by atoms with Crippen LogP contribution in [0.2, 0.25) is 0 Å². The molecule has 2 aromatic carbocycles. The number of nitrogens with zero attached hydrogens (tertiary/aromatic N) is 1. The lowest BCUT2D eigenvalue weighted by atomic mass is 10.1. The van der Waals surface area contributed by atoms with Crippen LogP contribution >= 0.6 is 24.0 Å². The quantitative estimate of drug-likeness (QED) is 0.324. The van der Waals surface area contributed by atoms with Crippen molar-refractivity contribution in [2.45, 2.75) is 0 Å². The summed E-state index contributed by atoms with van der Waals surface area (Å²) in [7, 11) is 0. The molecule has 3 aromatic rings. The molecule has 0 bridgehead atoms. The smallest absolute Gasteiger partial charge is 0.278 e. The third kappa shape index (κ3) is 3.28. The zero-order valence-corrected chi connectivity index (χ0v) is 14.3. The van der Waals surface area contributed by atoms with Crippen molar-refractivity contribution in [3.8, 4) is 0 Å². The van der Waals surface area contributed by atoms with Crippen LogP contribution in [0.15, 0.2) is 73.1 Å². The molecule has 1 N–H and O–H groups in total. The number of hydrogen-bond acceptors (Lipinski definition) is 3. The Kier molecular flexibility index (Phi) is 4.74. The zero-order valence-electron chi connectivity index (χ0n) is 12.6. The average molecular weight is 338 g/mol. The number of thioether (sulfide) groups is 1. The fraction of sp³-hybridized carbons (Fsp3) is 0.0526. The van der Waals surface area contributed by atoms with Crippen LogP contribution in [0.3, 0.4) is 0 Å². The van der Waals surface area contributed by atoms with Gasteiger partial charge in [-0.2, -0.15) is 4.57 Å². The molecule has 0 spiro atoms. The molecule has 2 nitrogen and oxygen atoms in total. The fourth-order valence-electron chi connectivity index (χ4n) is 2.43. The molecule has 4 heteroatoms. The number of thiocarbonyl (C=S) groups is 1. The van der Waals surface area contributed by atoms with Gasteiger partial charge in [0.25, 0.3) is 5.70 Å². The summed E-state index contributed by atoms with van der Waals surface area (Å²) in [6, 6.07) is 19.6. The lowest BCUT2D eigenvalue weighted by molar-refractivity contribution is -0.574. The van der Waals surface area contributed by atoms with E-state index in [-0.39, 0.29) is 5.76 Å². The first kappa shape index (κ1) is 15.7. The molecule has 0 saturated carbocycles. The van der Waals surface area contributed by atoms with E-state index in [4.69, 9.17) is 12.2 Å². The molecule has 0 aliphatic rings. The van der Waals surface area contributed by atoms with Gasteiger partial charge in [0, 0.05) is 17.0 Å². The Labute approximate surface area is 145 Å². The molecule has 0 radical (unpaired) electrons. The van der Waals surface area contributed by atoms with Gasteiger partial charge in [0.15, 0.2) is 18.2 Å². The van der Waals surface area contributed by atoms with Crippen molar-refractivity contribution in [3.05, 3.63) is 78.6 Å². The Bertz CT molecular complexity index is 888. The maximum absolute atomic E-state index is 10.8. The summed E-state index contributed by atoms with van der Waals surface area (Å²) in [5.74, 6) is 0.185. The van der Waals surface area contributed by atoms with Gasteiger partial charge in [-0.1, -0.05) is 60.7 Å². The summed E-state index contributed by atoms with van der Waals surface area (Å²) in [6.45, 7) is 0. The summed E-state index contributed by atoms with van der Waals surface area (Å²) >= 11 is 6.93. The van der Waals surface area contributed by atoms with E-state index in [1.165, 1.54) is 11.8 Å². The van der Waals surface area contributed by atoms with Crippen molar-refractivity contribution in [2.75, 3.05) is 6.26 Å². The predicted octanol–water partition coefficient (Wildman–Crippen LogP) is 4.70. The number of aliphatic hydroxyl groups excluding tert-OH is 1. The second-order valence-corrected chi connectivity index (χ2v) is 6.52. The van der Waals surface area contributed by atoms with Crippen molar-refractivity contribution in [3.63, 3.8) is 0 Å². The van der Waals surface area contributed by atoms with Crippen LogP contribution in [0.25, 0.3) is 22.2 Å². The Hall–Kier alpha value is -2.17. The van der Waals surface area contributed by atoms with E-state index in [1.807, 2.05) is 77.8 Å². The Morgan fingerprint density at radius 1 is 0.957 bits per heavy atom. The highest BCUT2D eigenvalue weighted by Gasteiger charge is 2.23. The van der Waals surface area contributed by atoms with Gasteiger partial charge in [0.1, 0.15) is 4.20 Å². The van der Waals surface area contributed by atoms with Gasteiger partial charge < -0.3 is 5.11 Å². The third-order valence-corrected chi connectivity index (χ3v) is 4.85. The van der Waals surface area contributed by atoms with E-state index in [1.54, 1.807) is 0 Å². The van der Waals surface area contributed by atoms with E-state index in [2.05, 4.69) is 6.07 Å². The fourth-order valence-corrected chi connectivity index (χ4v) is 3.02. The minimum Gasteiger partial charge on any atom is -0.502 e. The molecule has 0 aliphatic carbocycles. The molecule has 0 atom stereocenters.